The molecule has 0 aliphatic heterocycles. The van der Waals surface area contributed by atoms with Crippen molar-refractivity contribution in [1.29, 1.82) is 5.26 Å². The Hall–Kier alpha value is -4.57. The summed E-state index contributed by atoms with van der Waals surface area (Å²) in [7, 11) is 1.56. The Labute approximate surface area is 191 Å². The Morgan fingerprint density at radius 1 is 0.970 bits per heavy atom. The van der Waals surface area contributed by atoms with Crippen molar-refractivity contribution in [2.75, 3.05) is 19.0 Å². The molecule has 0 radical (unpaired) electrons. The van der Waals surface area contributed by atoms with Crippen molar-refractivity contribution >= 4 is 23.6 Å². The van der Waals surface area contributed by atoms with Crippen molar-refractivity contribution in [1.82, 2.24) is 0 Å². The fraction of sp³-hybridized carbons (Fsp3) is 0.115. The van der Waals surface area contributed by atoms with Crippen LogP contribution in [0.5, 0.6) is 11.5 Å². The highest BCUT2D eigenvalue weighted by atomic mass is 16.5. The lowest BCUT2D eigenvalue weighted by Crippen LogP contribution is -2.25. The molecule has 33 heavy (non-hydrogen) atoms. The molecule has 0 aliphatic carbocycles. The van der Waals surface area contributed by atoms with Gasteiger partial charge < -0.3 is 19.5 Å². The van der Waals surface area contributed by atoms with Crippen LogP contribution in [0.15, 0.2) is 84.9 Å². The average molecular weight is 442 g/mol. The van der Waals surface area contributed by atoms with Gasteiger partial charge in [0.05, 0.1) is 7.11 Å². The van der Waals surface area contributed by atoms with Crippen LogP contribution >= 0.6 is 0 Å². The normalized spacial score (nSPS) is 11.3. The van der Waals surface area contributed by atoms with Gasteiger partial charge in [0.1, 0.15) is 17.6 Å². The smallest absolute Gasteiger partial charge is 0.331 e. The van der Waals surface area contributed by atoms with E-state index in [4.69, 9.17) is 19.5 Å². The minimum atomic E-state index is -1.13. The highest BCUT2D eigenvalue weighted by Crippen LogP contribution is 2.22. The predicted molar refractivity (Wildman–Crippen MR) is 123 cm³/mol. The van der Waals surface area contributed by atoms with E-state index in [1.807, 2.05) is 12.1 Å². The first-order valence-electron chi connectivity index (χ1n) is 10.1. The number of carbonyl (C=O) groups is 2. The second-order valence-electron chi connectivity index (χ2n) is 6.79. The predicted octanol–water partition coefficient (Wildman–Crippen LogP) is 4.53. The summed E-state index contributed by atoms with van der Waals surface area (Å²) in [6.45, 7) is -0.0407. The number of nitrogens with one attached hydrogen (secondary N) is 1. The molecule has 1 N–H and O–H groups in total. The third-order valence-corrected chi connectivity index (χ3v) is 4.53. The maximum absolute atomic E-state index is 12.9. The van der Waals surface area contributed by atoms with Crippen molar-refractivity contribution in [3.63, 3.8) is 0 Å². The molecule has 0 fully saturated rings. The van der Waals surface area contributed by atoms with Gasteiger partial charge in [-0.15, -0.1) is 0 Å². The number of benzene rings is 3. The Kier molecular flexibility index (Phi) is 8.21. The third kappa shape index (κ3) is 6.97. The summed E-state index contributed by atoms with van der Waals surface area (Å²) in [6.07, 6.45) is 1.69. The summed E-state index contributed by atoms with van der Waals surface area (Å²) in [5.74, 6) is 0.0649. The van der Waals surface area contributed by atoms with Gasteiger partial charge in [0.2, 0.25) is 6.10 Å². The molecule has 1 atom stereocenters. The lowest BCUT2D eigenvalue weighted by Gasteiger charge is -2.17. The number of nitriles is 1. The molecule has 0 spiro atoms. The van der Waals surface area contributed by atoms with Gasteiger partial charge in [0, 0.05) is 17.3 Å². The van der Waals surface area contributed by atoms with Crippen LogP contribution in [-0.4, -0.2) is 25.6 Å². The third-order valence-electron chi connectivity index (χ3n) is 4.53. The minimum absolute atomic E-state index is 0.0407. The van der Waals surface area contributed by atoms with Crippen molar-refractivity contribution in [3.05, 3.63) is 96.1 Å². The fourth-order valence-electron chi connectivity index (χ4n) is 2.89. The van der Waals surface area contributed by atoms with E-state index in [0.29, 0.717) is 22.7 Å². The van der Waals surface area contributed by atoms with Crippen LogP contribution in [0, 0.1) is 11.3 Å². The molecule has 0 heterocycles. The number of anilines is 1. The van der Waals surface area contributed by atoms with Crippen LogP contribution in [0.4, 0.5) is 5.69 Å². The highest BCUT2D eigenvalue weighted by molar-refractivity contribution is 5.97. The number of hydrogen-bond donors (Lipinski definition) is 1. The van der Waals surface area contributed by atoms with Crippen LogP contribution in [0.25, 0.3) is 6.08 Å². The molecular formula is C26H22N2O5. The summed E-state index contributed by atoms with van der Waals surface area (Å²) >= 11 is 0. The molecule has 7 heteroatoms. The highest BCUT2D eigenvalue weighted by Gasteiger charge is 2.24. The van der Waals surface area contributed by atoms with Crippen LogP contribution in [0.3, 0.4) is 0 Å². The summed E-state index contributed by atoms with van der Waals surface area (Å²) in [6, 6.07) is 24.4. The molecule has 1 amide bonds. The number of esters is 1. The molecule has 0 saturated heterocycles. The SMILES string of the molecule is COc1ccc(NC(=O)C(OC(=O)/C=C/c2ccc(OCC#N)cc2)c2ccccc2)cc1. The van der Waals surface area contributed by atoms with Gasteiger partial charge in [-0.25, -0.2) is 4.79 Å². The van der Waals surface area contributed by atoms with Crippen LogP contribution < -0.4 is 14.8 Å². The molecule has 0 saturated carbocycles. The van der Waals surface area contributed by atoms with E-state index in [1.165, 1.54) is 6.08 Å². The fourth-order valence-corrected chi connectivity index (χ4v) is 2.89. The zero-order valence-electron chi connectivity index (χ0n) is 17.9. The van der Waals surface area contributed by atoms with Gasteiger partial charge in [-0.2, -0.15) is 5.26 Å². The summed E-state index contributed by atoms with van der Waals surface area (Å²) in [4.78, 5) is 25.4. The molecule has 1 unspecified atom stereocenters. The van der Waals surface area contributed by atoms with Crippen LogP contribution in [0.2, 0.25) is 0 Å². The molecule has 3 rings (SSSR count). The Bertz CT molecular complexity index is 1130. The van der Waals surface area contributed by atoms with E-state index in [2.05, 4.69) is 5.32 Å². The van der Waals surface area contributed by atoms with Crippen molar-refractivity contribution < 1.29 is 23.8 Å². The van der Waals surface area contributed by atoms with Crippen LogP contribution in [-0.2, 0) is 14.3 Å². The number of methoxy groups -OCH3 is 1. The lowest BCUT2D eigenvalue weighted by molar-refractivity contribution is -0.149. The van der Waals surface area contributed by atoms with E-state index in [1.54, 1.807) is 86.0 Å². The van der Waals surface area contributed by atoms with Crippen molar-refractivity contribution in [2.24, 2.45) is 0 Å². The molecule has 3 aromatic carbocycles. The number of hydrogen-bond acceptors (Lipinski definition) is 6. The molecule has 166 valence electrons. The number of carbonyl (C=O) groups excluding carboxylic acids is 2. The van der Waals surface area contributed by atoms with E-state index in [9.17, 15) is 9.59 Å². The van der Waals surface area contributed by atoms with E-state index in [0.717, 1.165) is 5.56 Å². The topological polar surface area (TPSA) is 97.7 Å². The lowest BCUT2D eigenvalue weighted by atomic mass is 10.1. The van der Waals surface area contributed by atoms with Gasteiger partial charge >= 0.3 is 5.97 Å². The Balaban J connectivity index is 1.69. The molecule has 0 aliphatic rings. The Morgan fingerprint density at radius 2 is 1.64 bits per heavy atom. The number of rotatable bonds is 9. The van der Waals surface area contributed by atoms with Gasteiger partial charge in [-0.1, -0.05) is 42.5 Å². The molecule has 0 bridgehead atoms. The molecular weight excluding hydrogens is 420 g/mol. The average Bonchev–Trinajstić information content (AvgIpc) is 2.86. The Morgan fingerprint density at radius 3 is 2.27 bits per heavy atom. The zero-order chi connectivity index (χ0) is 23.5. The molecule has 7 nitrogen and oxygen atoms in total. The van der Waals surface area contributed by atoms with Gasteiger partial charge in [-0.3, -0.25) is 4.79 Å². The second kappa shape index (κ2) is 11.7. The maximum Gasteiger partial charge on any atom is 0.331 e. The van der Waals surface area contributed by atoms with Crippen LogP contribution in [0.1, 0.15) is 17.2 Å². The van der Waals surface area contributed by atoms with E-state index < -0.39 is 18.0 Å². The van der Waals surface area contributed by atoms with E-state index in [-0.39, 0.29) is 6.61 Å². The summed E-state index contributed by atoms with van der Waals surface area (Å²) in [5, 5.41) is 11.3. The minimum Gasteiger partial charge on any atom is -0.497 e. The largest absolute Gasteiger partial charge is 0.497 e. The summed E-state index contributed by atoms with van der Waals surface area (Å²) in [5.41, 5.74) is 1.83. The standard InChI is InChI=1S/C26H22N2O5/c1-31-22-14-10-21(11-15-22)28-26(30)25(20-5-3-2-4-6-20)33-24(29)16-9-19-7-12-23(13-8-19)32-18-17-27/h2-16,25H,18H2,1H3,(H,28,30)/b16-9+. The van der Waals surface area contributed by atoms with Gasteiger partial charge in [-0.05, 0) is 48.0 Å². The first-order valence-corrected chi connectivity index (χ1v) is 10.1. The number of nitrogens with zero attached hydrogens (tertiary/aromatic N) is 1. The monoisotopic (exact) mass is 442 g/mol. The van der Waals surface area contributed by atoms with Gasteiger partial charge in [0.15, 0.2) is 6.61 Å². The zero-order valence-corrected chi connectivity index (χ0v) is 17.9. The van der Waals surface area contributed by atoms with Crippen molar-refractivity contribution in [3.8, 4) is 17.6 Å². The van der Waals surface area contributed by atoms with Crippen molar-refractivity contribution in [2.45, 2.75) is 6.10 Å². The van der Waals surface area contributed by atoms with E-state index >= 15 is 0 Å². The number of ether oxygens (including phenoxy) is 3. The first-order chi connectivity index (χ1) is 16.1. The maximum atomic E-state index is 12.9. The van der Waals surface area contributed by atoms with Gasteiger partial charge in [0.25, 0.3) is 5.91 Å². The quantitative estimate of drug-likeness (QED) is 0.386. The molecule has 0 aromatic heterocycles. The number of amides is 1. The molecule has 3 aromatic rings. The first kappa shape index (κ1) is 23.1. The summed E-state index contributed by atoms with van der Waals surface area (Å²) < 4.78 is 15.8. The second-order valence-corrected chi connectivity index (χ2v) is 6.79.